The van der Waals surface area contributed by atoms with E-state index in [0.29, 0.717) is 6.54 Å². The van der Waals surface area contributed by atoms with E-state index in [4.69, 9.17) is 0 Å². The molecule has 0 saturated carbocycles. The third-order valence-electron chi connectivity index (χ3n) is 2.68. The van der Waals surface area contributed by atoms with Crippen molar-refractivity contribution in [3.05, 3.63) is 54.1 Å². The second-order valence-electron chi connectivity index (χ2n) is 4.24. The van der Waals surface area contributed by atoms with Crippen LogP contribution >= 0.6 is 0 Å². The molecule has 19 heavy (non-hydrogen) atoms. The van der Waals surface area contributed by atoms with Gasteiger partial charge in [0, 0.05) is 24.8 Å². The average Bonchev–Trinajstić information content (AvgIpc) is 2.39. The topological polar surface area (TPSA) is 61.4 Å². The van der Waals surface area contributed by atoms with Gasteiger partial charge in [0.1, 0.15) is 5.75 Å². The van der Waals surface area contributed by atoms with Crippen LogP contribution in [0.15, 0.2) is 48.5 Å². The van der Waals surface area contributed by atoms with E-state index in [1.54, 1.807) is 24.3 Å². The first kappa shape index (κ1) is 13.0. The van der Waals surface area contributed by atoms with Crippen LogP contribution in [-0.2, 0) is 11.3 Å². The molecule has 2 aromatic carbocycles. The van der Waals surface area contributed by atoms with Crippen molar-refractivity contribution >= 4 is 17.3 Å². The predicted molar refractivity (Wildman–Crippen MR) is 76.2 cm³/mol. The minimum Gasteiger partial charge on any atom is -0.508 e. The van der Waals surface area contributed by atoms with Gasteiger partial charge in [-0.1, -0.05) is 18.2 Å². The average molecular weight is 256 g/mol. The number of carbonyl (C=O) groups is 1. The molecule has 4 heteroatoms. The van der Waals surface area contributed by atoms with Gasteiger partial charge in [0.25, 0.3) is 0 Å². The number of hydrogen-bond donors (Lipinski definition) is 3. The Balaban J connectivity index is 2.06. The first-order valence-electron chi connectivity index (χ1n) is 6.03. The predicted octanol–water partition coefficient (Wildman–Crippen LogP) is 2.96. The minimum atomic E-state index is -0.0860. The molecule has 0 aliphatic carbocycles. The van der Waals surface area contributed by atoms with Gasteiger partial charge in [-0.3, -0.25) is 4.79 Å². The van der Waals surface area contributed by atoms with Crippen LogP contribution in [0.5, 0.6) is 5.75 Å². The molecule has 3 N–H and O–H groups in total. The van der Waals surface area contributed by atoms with Crippen LogP contribution in [0.25, 0.3) is 0 Å². The lowest BCUT2D eigenvalue weighted by Gasteiger charge is -2.11. The van der Waals surface area contributed by atoms with Gasteiger partial charge in [-0.05, 0) is 35.9 Å². The monoisotopic (exact) mass is 256 g/mol. The number of rotatable bonds is 4. The van der Waals surface area contributed by atoms with Crippen molar-refractivity contribution in [1.29, 1.82) is 0 Å². The smallest absolute Gasteiger partial charge is 0.221 e. The molecular formula is C15H16N2O2. The van der Waals surface area contributed by atoms with Gasteiger partial charge in [-0.25, -0.2) is 0 Å². The highest BCUT2D eigenvalue weighted by atomic mass is 16.3. The van der Waals surface area contributed by atoms with E-state index in [9.17, 15) is 9.90 Å². The fourth-order valence-electron chi connectivity index (χ4n) is 1.76. The van der Waals surface area contributed by atoms with Crippen molar-refractivity contribution in [2.24, 2.45) is 0 Å². The molecule has 98 valence electrons. The normalized spacial score (nSPS) is 9.95. The van der Waals surface area contributed by atoms with Crippen LogP contribution < -0.4 is 10.6 Å². The second-order valence-corrected chi connectivity index (χ2v) is 4.24. The van der Waals surface area contributed by atoms with E-state index >= 15 is 0 Å². The number of aromatic hydroxyl groups is 1. The van der Waals surface area contributed by atoms with E-state index in [-0.39, 0.29) is 11.7 Å². The maximum absolute atomic E-state index is 11.1. The van der Waals surface area contributed by atoms with Gasteiger partial charge in [0.05, 0.1) is 0 Å². The first-order chi connectivity index (χ1) is 9.15. The van der Waals surface area contributed by atoms with Crippen LogP contribution in [0.2, 0.25) is 0 Å². The Morgan fingerprint density at radius 1 is 1.11 bits per heavy atom. The molecular weight excluding hydrogens is 240 g/mol. The van der Waals surface area contributed by atoms with E-state index in [0.717, 1.165) is 16.9 Å². The summed E-state index contributed by atoms with van der Waals surface area (Å²) in [6.07, 6.45) is 0. The van der Waals surface area contributed by atoms with Gasteiger partial charge in [-0.15, -0.1) is 0 Å². The molecule has 1 amide bonds. The molecule has 0 unspecified atom stereocenters. The summed E-state index contributed by atoms with van der Waals surface area (Å²) < 4.78 is 0. The standard InChI is InChI=1S/C15H16N2O2/c1-11(18)17-15-5-3-2-4-12(15)10-16-13-6-8-14(19)9-7-13/h2-9,16,19H,10H2,1H3,(H,17,18). The lowest BCUT2D eigenvalue weighted by atomic mass is 10.1. The zero-order valence-electron chi connectivity index (χ0n) is 10.7. The maximum Gasteiger partial charge on any atom is 0.221 e. The summed E-state index contributed by atoms with van der Waals surface area (Å²) in [6.45, 7) is 2.09. The van der Waals surface area contributed by atoms with Crippen molar-refractivity contribution < 1.29 is 9.90 Å². The summed E-state index contributed by atoms with van der Waals surface area (Å²) >= 11 is 0. The number of carbonyl (C=O) groups excluding carboxylic acids is 1. The molecule has 0 spiro atoms. The van der Waals surface area contributed by atoms with E-state index in [1.165, 1.54) is 6.92 Å². The Bertz CT molecular complexity index is 565. The zero-order chi connectivity index (χ0) is 13.7. The van der Waals surface area contributed by atoms with Crippen molar-refractivity contribution in [2.75, 3.05) is 10.6 Å². The number of para-hydroxylation sites is 1. The summed E-state index contributed by atoms with van der Waals surface area (Å²) in [7, 11) is 0. The number of benzene rings is 2. The molecule has 0 aromatic heterocycles. The van der Waals surface area contributed by atoms with Crippen LogP contribution in [0.3, 0.4) is 0 Å². The highest BCUT2D eigenvalue weighted by Gasteiger charge is 2.03. The Labute approximate surface area is 112 Å². The van der Waals surface area contributed by atoms with Crippen molar-refractivity contribution in [1.82, 2.24) is 0 Å². The highest BCUT2D eigenvalue weighted by Crippen LogP contribution is 2.18. The molecule has 4 nitrogen and oxygen atoms in total. The second kappa shape index (κ2) is 5.91. The molecule has 0 bridgehead atoms. The Morgan fingerprint density at radius 2 is 1.79 bits per heavy atom. The quantitative estimate of drug-likeness (QED) is 0.737. The van der Waals surface area contributed by atoms with Gasteiger partial charge < -0.3 is 15.7 Å². The number of phenolic OH excluding ortho intramolecular Hbond substituents is 1. The van der Waals surface area contributed by atoms with Crippen molar-refractivity contribution in [2.45, 2.75) is 13.5 Å². The molecule has 2 aromatic rings. The number of hydrogen-bond acceptors (Lipinski definition) is 3. The zero-order valence-corrected chi connectivity index (χ0v) is 10.7. The van der Waals surface area contributed by atoms with Gasteiger partial charge in [0.15, 0.2) is 0 Å². The van der Waals surface area contributed by atoms with Crippen LogP contribution in [0.4, 0.5) is 11.4 Å². The Hall–Kier alpha value is -2.49. The fraction of sp³-hybridized carbons (Fsp3) is 0.133. The lowest BCUT2D eigenvalue weighted by molar-refractivity contribution is -0.114. The van der Waals surface area contributed by atoms with Gasteiger partial charge in [0.2, 0.25) is 5.91 Å². The summed E-state index contributed by atoms with van der Waals surface area (Å²) in [5.74, 6) is 0.154. The minimum absolute atomic E-state index is 0.0860. The molecule has 0 saturated heterocycles. The number of nitrogens with one attached hydrogen (secondary N) is 2. The molecule has 0 aliphatic rings. The van der Waals surface area contributed by atoms with Crippen molar-refractivity contribution in [3.63, 3.8) is 0 Å². The number of amides is 1. The summed E-state index contributed by atoms with van der Waals surface area (Å²) in [6, 6.07) is 14.5. The van der Waals surface area contributed by atoms with Crippen LogP contribution in [-0.4, -0.2) is 11.0 Å². The molecule has 0 heterocycles. The molecule has 0 radical (unpaired) electrons. The Morgan fingerprint density at radius 3 is 2.47 bits per heavy atom. The molecule has 0 fully saturated rings. The van der Waals surface area contributed by atoms with E-state index in [2.05, 4.69) is 10.6 Å². The maximum atomic E-state index is 11.1. The number of anilines is 2. The molecule has 2 rings (SSSR count). The Kier molecular flexibility index (Phi) is 4.03. The van der Waals surface area contributed by atoms with Crippen molar-refractivity contribution in [3.8, 4) is 5.75 Å². The first-order valence-corrected chi connectivity index (χ1v) is 6.03. The summed E-state index contributed by atoms with van der Waals surface area (Å²) in [5, 5.41) is 15.2. The number of phenols is 1. The molecule has 0 aliphatic heterocycles. The SMILES string of the molecule is CC(=O)Nc1ccccc1CNc1ccc(O)cc1. The third-order valence-corrected chi connectivity index (χ3v) is 2.68. The van der Waals surface area contributed by atoms with Gasteiger partial charge in [-0.2, -0.15) is 0 Å². The van der Waals surface area contributed by atoms with E-state index in [1.807, 2.05) is 24.3 Å². The molecule has 0 atom stereocenters. The summed E-state index contributed by atoms with van der Waals surface area (Å²) in [4.78, 5) is 11.1. The van der Waals surface area contributed by atoms with Gasteiger partial charge >= 0.3 is 0 Å². The lowest BCUT2D eigenvalue weighted by Crippen LogP contribution is -2.10. The third kappa shape index (κ3) is 3.74. The van der Waals surface area contributed by atoms with Crippen LogP contribution in [0, 0.1) is 0 Å². The van der Waals surface area contributed by atoms with E-state index < -0.39 is 0 Å². The largest absolute Gasteiger partial charge is 0.508 e. The highest BCUT2D eigenvalue weighted by molar-refractivity contribution is 5.89. The van der Waals surface area contributed by atoms with Crippen LogP contribution in [0.1, 0.15) is 12.5 Å². The fourth-order valence-corrected chi connectivity index (χ4v) is 1.76. The summed E-state index contributed by atoms with van der Waals surface area (Å²) in [5.41, 5.74) is 2.72.